The number of hydrogen-bond acceptors (Lipinski definition) is 3. The van der Waals surface area contributed by atoms with Crippen LogP contribution >= 0.6 is 0 Å². The van der Waals surface area contributed by atoms with Crippen LogP contribution in [0.2, 0.25) is 0 Å². The summed E-state index contributed by atoms with van der Waals surface area (Å²) in [7, 11) is 0. The fourth-order valence-corrected chi connectivity index (χ4v) is 2.35. The minimum absolute atomic E-state index is 0. The van der Waals surface area contributed by atoms with E-state index in [1.54, 1.807) is 0 Å². The van der Waals surface area contributed by atoms with Gasteiger partial charge in [0.25, 0.3) is 0 Å². The molecule has 0 aliphatic rings. The summed E-state index contributed by atoms with van der Waals surface area (Å²) in [6.45, 7) is 2.26. The summed E-state index contributed by atoms with van der Waals surface area (Å²) in [6, 6.07) is 0. The number of hydrogen-bond donors (Lipinski definition) is 3. The summed E-state index contributed by atoms with van der Waals surface area (Å²) < 4.78 is 0. The summed E-state index contributed by atoms with van der Waals surface area (Å²) >= 11 is 0. The molecule has 0 rings (SSSR count). The topological polar surface area (TPSA) is 77.8 Å². The normalized spacial score (nSPS) is 10.0. The molecule has 0 aromatic rings. The van der Waals surface area contributed by atoms with Gasteiger partial charge in [-0.1, -0.05) is 70.4 Å². The number of unbranched alkanes of at least 4 members (excludes halogenated alkanes) is 11. The molecule has 0 aliphatic heterocycles. The van der Waals surface area contributed by atoms with Crippen LogP contribution in [0.1, 0.15) is 98.2 Å². The Hall–Kier alpha value is 0.130. The molecule has 5 heteroatoms. The zero-order chi connectivity index (χ0) is 16.9. The monoisotopic (exact) mass is 340 g/mol. The van der Waals surface area contributed by atoms with Gasteiger partial charge in [0.15, 0.2) is 0 Å². The first-order valence-electron chi connectivity index (χ1n) is 8.84. The van der Waals surface area contributed by atoms with Crippen LogP contribution in [0.25, 0.3) is 0 Å². The Morgan fingerprint density at radius 3 is 1.61 bits per heavy atom. The molecule has 0 fully saturated rings. The van der Waals surface area contributed by atoms with E-state index in [0.29, 0.717) is 6.42 Å². The maximum absolute atomic E-state index is 10.3. The van der Waals surface area contributed by atoms with Gasteiger partial charge < -0.3 is 6.53 Å². The molecule has 0 spiro atoms. The van der Waals surface area contributed by atoms with E-state index in [4.69, 9.17) is 15.6 Å². The van der Waals surface area contributed by atoms with Gasteiger partial charge in [-0.05, 0) is 32.1 Å². The fraction of sp³-hybridized carbons (Fsp3) is 0.833. The average Bonchev–Trinajstić information content (AvgIpc) is 2.53. The fourth-order valence-electron chi connectivity index (χ4n) is 2.35. The van der Waals surface area contributed by atoms with Gasteiger partial charge >= 0.3 is 35.5 Å². The molecule has 0 saturated carbocycles. The average molecular weight is 340 g/mol. The van der Waals surface area contributed by atoms with Gasteiger partial charge in [-0.2, -0.15) is 0 Å². The first-order valence-corrected chi connectivity index (χ1v) is 8.84. The molecule has 0 aromatic carbocycles. The summed E-state index contributed by atoms with van der Waals surface area (Å²) in [5, 5.41) is 20.5. The standard InChI is InChI=1S/C18H34O2.Na.H2O2.H/c1-2-3-4-5-6-7-8-9-10-11-12-13-14-15-16-17-18(19)20;;1-2;/h9-10H,2-8,11-17H2,1H3,(H,19,20);;1-2H;/q;+1;;-1/b10-9-;;;. The van der Waals surface area contributed by atoms with E-state index in [1.165, 1.54) is 70.6 Å². The first-order chi connectivity index (χ1) is 10.8. The van der Waals surface area contributed by atoms with Crippen LogP contribution in [0.5, 0.6) is 0 Å². The van der Waals surface area contributed by atoms with Crippen LogP contribution in [0, 0.1) is 0 Å². The molecule has 23 heavy (non-hydrogen) atoms. The van der Waals surface area contributed by atoms with Gasteiger partial charge in [0, 0.05) is 6.42 Å². The zero-order valence-corrected chi connectivity index (χ0v) is 17.3. The molecule has 0 atom stereocenters. The minimum Gasteiger partial charge on any atom is -1.00 e. The Morgan fingerprint density at radius 1 is 0.783 bits per heavy atom. The van der Waals surface area contributed by atoms with Gasteiger partial charge in [0.05, 0.1) is 0 Å². The Kier molecular flexibility index (Phi) is 32.8. The second-order valence-corrected chi connectivity index (χ2v) is 5.73. The van der Waals surface area contributed by atoms with Crippen molar-refractivity contribution >= 4 is 5.97 Å². The number of carboxylic acid groups (broad SMARTS) is 1. The summed E-state index contributed by atoms with van der Waals surface area (Å²) in [6.07, 6.45) is 21.2. The van der Waals surface area contributed by atoms with Crippen molar-refractivity contribution in [2.75, 3.05) is 0 Å². The third-order valence-corrected chi connectivity index (χ3v) is 3.65. The van der Waals surface area contributed by atoms with E-state index in [9.17, 15) is 4.79 Å². The second kappa shape index (κ2) is 27.0. The van der Waals surface area contributed by atoms with E-state index in [0.717, 1.165) is 12.8 Å². The van der Waals surface area contributed by atoms with Gasteiger partial charge in [0.1, 0.15) is 0 Å². The van der Waals surface area contributed by atoms with Crippen molar-refractivity contribution < 1.29 is 51.4 Å². The van der Waals surface area contributed by atoms with Gasteiger partial charge in [0.2, 0.25) is 0 Å². The van der Waals surface area contributed by atoms with E-state index >= 15 is 0 Å². The second-order valence-electron chi connectivity index (χ2n) is 5.73. The third kappa shape index (κ3) is 30.6. The van der Waals surface area contributed by atoms with Gasteiger partial charge in [-0.15, -0.1) is 0 Å². The molecule has 0 radical (unpaired) electrons. The predicted octanol–water partition coefficient (Wildman–Crippen LogP) is 3.24. The molecule has 0 aromatic heterocycles. The van der Waals surface area contributed by atoms with Crippen LogP contribution in [-0.4, -0.2) is 21.6 Å². The molecule has 4 nitrogen and oxygen atoms in total. The SMILES string of the molecule is CCCCCCCC/C=C\CCCCCCCC(=O)O.OO.[H-].[Na+]. The van der Waals surface area contributed by atoms with Gasteiger partial charge in [-0.3, -0.25) is 15.3 Å². The maximum Gasteiger partial charge on any atom is 1.00 e. The third-order valence-electron chi connectivity index (χ3n) is 3.65. The predicted molar refractivity (Wildman–Crippen MR) is 93.5 cm³/mol. The van der Waals surface area contributed by atoms with E-state index < -0.39 is 5.97 Å². The van der Waals surface area contributed by atoms with Crippen molar-refractivity contribution in [2.24, 2.45) is 0 Å². The number of rotatable bonds is 15. The van der Waals surface area contributed by atoms with Crippen LogP contribution in [0.15, 0.2) is 12.2 Å². The Balaban J connectivity index is -0.000000480. The Morgan fingerprint density at radius 2 is 1.17 bits per heavy atom. The molecule has 0 unspecified atom stereocenters. The largest absolute Gasteiger partial charge is 1.00 e. The molecule has 3 N–H and O–H groups in total. The number of carboxylic acids is 1. The van der Waals surface area contributed by atoms with Crippen molar-refractivity contribution in [3.63, 3.8) is 0 Å². The smallest absolute Gasteiger partial charge is 1.00 e. The molecular weight excluding hydrogens is 303 g/mol. The van der Waals surface area contributed by atoms with E-state index in [-0.39, 0.29) is 31.0 Å². The zero-order valence-electron chi connectivity index (χ0n) is 16.3. The van der Waals surface area contributed by atoms with Crippen LogP contribution < -0.4 is 29.6 Å². The summed E-state index contributed by atoms with van der Waals surface area (Å²) in [5.74, 6) is -0.664. The van der Waals surface area contributed by atoms with Crippen molar-refractivity contribution in [2.45, 2.75) is 96.8 Å². The van der Waals surface area contributed by atoms with Gasteiger partial charge in [-0.25, -0.2) is 0 Å². The minimum atomic E-state index is -0.664. The molecule has 134 valence electrons. The molecule has 0 aliphatic carbocycles. The van der Waals surface area contributed by atoms with Crippen molar-refractivity contribution in [1.82, 2.24) is 0 Å². The quantitative estimate of drug-likeness (QED) is 0.141. The van der Waals surface area contributed by atoms with Crippen LogP contribution in [0.4, 0.5) is 0 Å². The maximum atomic E-state index is 10.3. The Bertz CT molecular complexity index is 251. The molecule has 0 heterocycles. The van der Waals surface area contributed by atoms with E-state index in [1.807, 2.05) is 0 Å². The van der Waals surface area contributed by atoms with Crippen LogP contribution in [-0.2, 0) is 4.79 Å². The molecule has 0 bridgehead atoms. The van der Waals surface area contributed by atoms with Crippen molar-refractivity contribution in [1.29, 1.82) is 0 Å². The summed E-state index contributed by atoms with van der Waals surface area (Å²) in [4.78, 5) is 10.3. The molecule has 0 amide bonds. The summed E-state index contributed by atoms with van der Waals surface area (Å²) in [5.41, 5.74) is 0. The first kappa shape index (κ1) is 28.0. The van der Waals surface area contributed by atoms with Crippen LogP contribution in [0.3, 0.4) is 0 Å². The molecular formula is C18H37NaO4. The number of carbonyl (C=O) groups is 1. The molecule has 0 saturated heterocycles. The van der Waals surface area contributed by atoms with Crippen molar-refractivity contribution in [3.8, 4) is 0 Å². The number of allylic oxidation sites excluding steroid dienone is 2. The van der Waals surface area contributed by atoms with Crippen molar-refractivity contribution in [3.05, 3.63) is 12.2 Å². The Labute approximate surface area is 166 Å². The van der Waals surface area contributed by atoms with E-state index in [2.05, 4.69) is 19.1 Å². The number of aliphatic carboxylic acids is 1.